The normalized spacial score (nSPS) is 19.7. The van der Waals surface area contributed by atoms with Gasteiger partial charge in [0.2, 0.25) is 0 Å². The molecule has 0 bridgehead atoms. The third kappa shape index (κ3) is 7.96. The molecule has 1 aromatic carbocycles. The molecule has 1 aliphatic heterocycles. The number of hydrogen-bond acceptors (Lipinski definition) is 3. The van der Waals surface area contributed by atoms with Gasteiger partial charge in [0, 0.05) is 6.42 Å². The highest BCUT2D eigenvalue weighted by Gasteiger charge is 2.21. The van der Waals surface area contributed by atoms with Crippen LogP contribution in [0, 0.1) is 5.92 Å². The van der Waals surface area contributed by atoms with Crippen LogP contribution in [-0.2, 0) is 4.74 Å². The van der Waals surface area contributed by atoms with Gasteiger partial charge in [0.25, 0.3) is 0 Å². The van der Waals surface area contributed by atoms with Gasteiger partial charge in [0.1, 0.15) is 5.75 Å². The monoisotopic (exact) mass is 383 g/mol. The van der Waals surface area contributed by atoms with Crippen molar-refractivity contribution in [3.63, 3.8) is 0 Å². The lowest BCUT2D eigenvalue weighted by Crippen LogP contribution is -3.16. The molecule has 1 heterocycles. The van der Waals surface area contributed by atoms with Gasteiger partial charge < -0.3 is 26.8 Å². The maximum Gasteiger partial charge on any atom is 0.338 e. The topological polar surface area (TPSA) is 40.0 Å². The molecule has 2 unspecified atom stereocenters. The van der Waals surface area contributed by atoms with Gasteiger partial charge in [-0.2, -0.15) is 0 Å². The average Bonchev–Trinajstić information content (AvgIpc) is 2.60. The van der Waals surface area contributed by atoms with Gasteiger partial charge in [-0.1, -0.05) is 13.8 Å². The molecule has 5 heteroatoms. The van der Waals surface area contributed by atoms with Crippen LogP contribution in [0.5, 0.6) is 5.75 Å². The lowest BCUT2D eigenvalue weighted by molar-refractivity contribution is -0.928. The van der Waals surface area contributed by atoms with E-state index in [-0.39, 0.29) is 18.4 Å². The lowest BCUT2D eigenvalue weighted by Gasteiger charge is -2.30. The molecule has 1 N–H and O–H groups in total. The van der Waals surface area contributed by atoms with Gasteiger partial charge >= 0.3 is 5.97 Å². The Hall–Kier alpha value is -1.26. The van der Waals surface area contributed by atoms with E-state index in [9.17, 15) is 4.79 Å². The van der Waals surface area contributed by atoms with Crippen LogP contribution in [0.2, 0.25) is 0 Å². The van der Waals surface area contributed by atoms with Crippen LogP contribution in [-0.4, -0.2) is 38.3 Å². The van der Waals surface area contributed by atoms with Crippen LogP contribution >= 0.6 is 0 Å². The highest BCUT2D eigenvalue weighted by molar-refractivity contribution is 5.89. The highest BCUT2D eigenvalue weighted by atomic mass is 35.5. The van der Waals surface area contributed by atoms with Crippen LogP contribution in [0.25, 0.3) is 0 Å². The third-order valence-corrected chi connectivity index (χ3v) is 5.01. The van der Waals surface area contributed by atoms with Crippen LogP contribution in [0.15, 0.2) is 24.3 Å². The predicted octanol–water partition coefficient (Wildman–Crippen LogP) is 0.120. The number of likely N-dealkylation sites (tertiary alicyclic amines) is 1. The van der Waals surface area contributed by atoms with Crippen molar-refractivity contribution in [3.8, 4) is 5.75 Å². The quantitative estimate of drug-likeness (QED) is 0.486. The summed E-state index contributed by atoms with van der Waals surface area (Å²) in [5.41, 5.74) is 0.592. The van der Waals surface area contributed by atoms with Gasteiger partial charge in [-0.05, 0) is 62.8 Å². The van der Waals surface area contributed by atoms with E-state index in [0.29, 0.717) is 24.7 Å². The fraction of sp³-hybridized carbons (Fsp3) is 0.667. The molecule has 2 atom stereocenters. The molecule has 0 spiro atoms. The summed E-state index contributed by atoms with van der Waals surface area (Å²) in [5.74, 6) is 1.19. The van der Waals surface area contributed by atoms with E-state index in [2.05, 4.69) is 20.8 Å². The molecule has 1 aliphatic rings. The smallest absolute Gasteiger partial charge is 0.338 e. The Labute approximate surface area is 164 Å². The number of piperidine rings is 1. The van der Waals surface area contributed by atoms with Crippen molar-refractivity contribution in [1.29, 1.82) is 0 Å². The summed E-state index contributed by atoms with van der Waals surface area (Å²) >= 11 is 0. The number of ether oxygens (including phenoxy) is 2. The average molecular weight is 384 g/mol. The molecule has 0 aliphatic carbocycles. The summed E-state index contributed by atoms with van der Waals surface area (Å²) in [6, 6.07) is 8.00. The van der Waals surface area contributed by atoms with Gasteiger partial charge in [-0.15, -0.1) is 0 Å². The molecule has 2 rings (SSSR count). The van der Waals surface area contributed by atoms with E-state index in [1.54, 1.807) is 17.0 Å². The standard InChI is InChI=1S/C21H33NO3.ClH/c1-17(2)12-16-24-20-10-8-19(9-11-20)21(23)25-15-6-14-22-13-5-4-7-18(22)3;/h8-11,17-18H,4-7,12-16H2,1-3H3;1H. The minimum atomic E-state index is -0.240. The number of nitrogens with one attached hydrogen (secondary N) is 1. The summed E-state index contributed by atoms with van der Waals surface area (Å²) < 4.78 is 11.1. The molecule has 0 saturated carbocycles. The molecular formula is C21H34ClNO3. The number of hydrogen-bond donors (Lipinski definition) is 1. The van der Waals surface area contributed by atoms with E-state index >= 15 is 0 Å². The Morgan fingerprint density at radius 1 is 1.19 bits per heavy atom. The zero-order valence-electron chi connectivity index (χ0n) is 16.4. The Morgan fingerprint density at radius 2 is 1.92 bits per heavy atom. The maximum absolute atomic E-state index is 12.1. The Balaban J connectivity index is 0.00000338. The van der Waals surface area contributed by atoms with Gasteiger partial charge in [-0.3, -0.25) is 0 Å². The Kier molecular flexibility index (Phi) is 10.7. The first kappa shape index (κ1) is 22.8. The zero-order valence-corrected chi connectivity index (χ0v) is 17.2. The number of carbonyl (C=O) groups is 1. The molecule has 0 amide bonds. The molecule has 1 aromatic rings. The summed E-state index contributed by atoms with van der Waals surface area (Å²) in [5, 5.41) is 0. The Morgan fingerprint density at radius 3 is 2.58 bits per heavy atom. The molecule has 0 radical (unpaired) electrons. The van der Waals surface area contributed by atoms with E-state index in [0.717, 1.165) is 31.2 Å². The van der Waals surface area contributed by atoms with Crippen molar-refractivity contribution >= 4 is 5.97 Å². The SMILES string of the molecule is CC(C)CCOc1ccc(C(=O)OCCC[NH+]2CCCCC2C)cc1.[Cl-]. The fourth-order valence-electron chi connectivity index (χ4n) is 3.27. The first-order valence-electron chi connectivity index (χ1n) is 9.81. The molecular weight excluding hydrogens is 350 g/mol. The number of rotatable bonds is 9. The maximum atomic E-state index is 12.1. The second kappa shape index (κ2) is 12.2. The van der Waals surface area contributed by atoms with E-state index in [4.69, 9.17) is 9.47 Å². The van der Waals surface area contributed by atoms with Crippen molar-refractivity contribution in [2.45, 2.75) is 58.9 Å². The number of carbonyl (C=O) groups excluding carboxylic acids is 1. The minimum Gasteiger partial charge on any atom is -1.00 e. The van der Waals surface area contributed by atoms with Crippen molar-refractivity contribution in [3.05, 3.63) is 29.8 Å². The molecule has 26 heavy (non-hydrogen) atoms. The molecule has 148 valence electrons. The van der Waals surface area contributed by atoms with E-state index in [1.807, 2.05) is 12.1 Å². The van der Waals surface area contributed by atoms with E-state index < -0.39 is 0 Å². The van der Waals surface area contributed by atoms with Crippen LogP contribution in [0.1, 0.15) is 63.2 Å². The van der Waals surface area contributed by atoms with Crippen molar-refractivity contribution in [2.75, 3.05) is 26.3 Å². The second-order valence-electron chi connectivity index (χ2n) is 7.60. The molecule has 4 nitrogen and oxygen atoms in total. The summed E-state index contributed by atoms with van der Waals surface area (Å²) in [6.07, 6.45) is 5.96. The van der Waals surface area contributed by atoms with Crippen molar-refractivity contribution in [1.82, 2.24) is 0 Å². The first-order chi connectivity index (χ1) is 12.1. The summed E-state index contributed by atoms with van der Waals surface area (Å²) in [7, 11) is 0. The first-order valence-corrected chi connectivity index (χ1v) is 9.81. The number of benzene rings is 1. The minimum absolute atomic E-state index is 0. The summed E-state index contributed by atoms with van der Waals surface area (Å²) in [4.78, 5) is 13.8. The van der Waals surface area contributed by atoms with Gasteiger partial charge in [-0.25, -0.2) is 4.79 Å². The summed E-state index contributed by atoms with van der Waals surface area (Å²) in [6.45, 7) is 10.2. The van der Waals surface area contributed by atoms with E-state index in [1.165, 1.54) is 25.8 Å². The van der Waals surface area contributed by atoms with Crippen LogP contribution < -0.4 is 22.0 Å². The zero-order chi connectivity index (χ0) is 18.1. The number of quaternary nitrogens is 1. The lowest BCUT2D eigenvalue weighted by atomic mass is 10.0. The molecule has 1 fully saturated rings. The second-order valence-corrected chi connectivity index (χ2v) is 7.60. The number of halogens is 1. The van der Waals surface area contributed by atoms with Crippen LogP contribution in [0.4, 0.5) is 0 Å². The molecule has 1 saturated heterocycles. The number of esters is 1. The van der Waals surface area contributed by atoms with Crippen LogP contribution in [0.3, 0.4) is 0 Å². The largest absolute Gasteiger partial charge is 1.00 e. The van der Waals surface area contributed by atoms with Gasteiger partial charge in [0.15, 0.2) is 0 Å². The molecule has 0 aromatic heterocycles. The van der Waals surface area contributed by atoms with Crippen molar-refractivity contribution in [2.24, 2.45) is 5.92 Å². The predicted molar refractivity (Wildman–Crippen MR) is 100 cm³/mol. The van der Waals surface area contributed by atoms with Gasteiger partial charge in [0.05, 0.1) is 37.9 Å². The highest BCUT2D eigenvalue weighted by Crippen LogP contribution is 2.14. The Bertz CT molecular complexity index is 518. The fourth-order valence-corrected chi connectivity index (χ4v) is 3.27. The third-order valence-electron chi connectivity index (χ3n) is 5.01. The van der Waals surface area contributed by atoms with Crippen molar-refractivity contribution < 1.29 is 31.6 Å².